The van der Waals surface area contributed by atoms with Crippen molar-refractivity contribution in [1.82, 2.24) is 10.2 Å². The summed E-state index contributed by atoms with van der Waals surface area (Å²) in [5.41, 5.74) is -0.293. The fraction of sp³-hybridized carbons (Fsp3) is 0.556. The summed E-state index contributed by atoms with van der Waals surface area (Å²) in [5, 5.41) is 10.9. The van der Waals surface area contributed by atoms with Crippen LogP contribution in [0.5, 0.6) is 0 Å². The molecule has 0 amide bonds. The first-order chi connectivity index (χ1) is 6.76. The Morgan fingerprint density at radius 2 is 2.14 bits per heavy atom. The maximum absolute atomic E-state index is 5.88. The monoisotopic (exact) mass is 233 g/mol. The summed E-state index contributed by atoms with van der Waals surface area (Å²) < 4.78 is 0. The van der Waals surface area contributed by atoms with E-state index >= 15 is 0 Å². The predicted molar refractivity (Wildman–Crippen MR) is 60.1 cm³/mol. The molecule has 0 aliphatic heterocycles. The van der Waals surface area contributed by atoms with Gasteiger partial charge in [0, 0.05) is 18.0 Å². The third-order valence-corrected chi connectivity index (χ3v) is 3.18. The molecule has 1 heterocycles. The van der Waals surface area contributed by atoms with Gasteiger partial charge in [-0.05, 0) is 18.6 Å². The van der Waals surface area contributed by atoms with Crippen LogP contribution in [0.15, 0.2) is 18.3 Å². The highest BCUT2D eigenvalue weighted by Gasteiger charge is 2.26. The van der Waals surface area contributed by atoms with Gasteiger partial charge in [0.25, 0.3) is 0 Å². The first-order valence-corrected chi connectivity index (χ1v) is 5.51. The second-order valence-electron chi connectivity index (χ2n) is 3.14. The number of alkyl halides is 2. The van der Waals surface area contributed by atoms with Crippen LogP contribution in [-0.2, 0) is 0 Å². The molecule has 0 aliphatic rings. The molecule has 0 saturated heterocycles. The van der Waals surface area contributed by atoms with Crippen LogP contribution in [0.2, 0.25) is 0 Å². The van der Waals surface area contributed by atoms with Gasteiger partial charge in [-0.25, -0.2) is 0 Å². The number of nitrogens with zero attached hydrogens (tertiary/aromatic N) is 2. The molecular weight excluding hydrogens is 221 g/mol. The summed E-state index contributed by atoms with van der Waals surface area (Å²) in [6.45, 7) is 2.04. The molecule has 14 heavy (non-hydrogen) atoms. The molecule has 1 aromatic rings. The quantitative estimate of drug-likeness (QED) is 0.795. The van der Waals surface area contributed by atoms with Gasteiger partial charge in [-0.3, -0.25) is 0 Å². The minimum absolute atomic E-state index is 0.293. The zero-order chi connectivity index (χ0) is 10.4. The van der Waals surface area contributed by atoms with Gasteiger partial charge in [-0.2, -0.15) is 5.10 Å². The van der Waals surface area contributed by atoms with Gasteiger partial charge in [0.05, 0.1) is 5.54 Å². The van der Waals surface area contributed by atoms with Crippen LogP contribution in [0.4, 0.5) is 5.82 Å². The molecule has 0 bridgehead atoms. The Morgan fingerprint density at radius 3 is 2.57 bits per heavy atom. The van der Waals surface area contributed by atoms with Crippen molar-refractivity contribution in [2.75, 3.05) is 17.1 Å². The number of rotatable bonds is 5. The third kappa shape index (κ3) is 2.72. The minimum Gasteiger partial charge on any atom is -0.361 e. The van der Waals surface area contributed by atoms with Crippen molar-refractivity contribution in [3.63, 3.8) is 0 Å². The molecular formula is C9H13Cl2N3. The molecule has 0 unspecified atom stereocenters. The topological polar surface area (TPSA) is 37.8 Å². The van der Waals surface area contributed by atoms with Gasteiger partial charge in [0.15, 0.2) is 0 Å². The molecule has 0 aliphatic carbocycles. The highest BCUT2D eigenvalue weighted by atomic mass is 35.5. The number of hydrogen-bond donors (Lipinski definition) is 1. The normalized spacial score (nSPS) is 11.4. The summed E-state index contributed by atoms with van der Waals surface area (Å²) in [5.74, 6) is 1.60. The highest BCUT2D eigenvalue weighted by molar-refractivity contribution is 6.22. The van der Waals surface area contributed by atoms with E-state index in [0.717, 1.165) is 6.42 Å². The lowest BCUT2D eigenvalue weighted by Gasteiger charge is -2.29. The fourth-order valence-electron chi connectivity index (χ4n) is 1.02. The maximum atomic E-state index is 5.88. The van der Waals surface area contributed by atoms with Crippen LogP contribution in [0.3, 0.4) is 0 Å². The van der Waals surface area contributed by atoms with Crippen LogP contribution >= 0.6 is 23.2 Å². The zero-order valence-corrected chi connectivity index (χ0v) is 9.52. The lowest BCUT2D eigenvalue weighted by molar-refractivity contribution is 0.556. The molecule has 0 atom stereocenters. The van der Waals surface area contributed by atoms with Crippen LogP contribution in [0.25, 0.3) is 0 Å². The van der Waals surface area contributed by atoms with E-state index in [9.17, 15) is 0 Å². The molecule has 78 valence electrons. The van der Waals surface area contributed by atoms with Gasteiger partial charge >= 0.3 is 0 Å². The van der Waals surface area contributed by atoms with Gasteiger partial charge in [0.2, 0.25) is 0 Å². The van der Waals surface area contributed by atoms with Crippen molar-refractivity contribution in [2.45, 2.75) is 18.9 Å². The minimum atomic E-state index is -0.293. The Morgan fingerprint density at radius 1 is 1.43 bits per heavy atom. The highest BCUT2D eigenvalue weighted by Crippen LogP contribution is 2.20. The van der Waals surface area contributed by atoms with Gasteiger partial charge in [-0.1, -0.05) is 6.92 Å². The van der Waals surface area contributed by atoms with E-state index in [1.54, 1.807) is 6.20 Å². The van der Waals surface area contributed by atoms with Crippen molar-refractivity contribution >= 4 is 29.0 Å². The summed E-state index contributed by atoms with van der Waals surface area (Å²) in [6, 6.07) is 3.66. The standard InChI is InChI=1S/C9H13Cl2N3/c1-2-9(6-10,7-11)13-8-4-3-5-12-14-8/h3-5H,2,6-7H2,1H3,(H,13,14). The van der Waals surface area contributed by atoms with Crippen LogP contribution < -0.4 is 5.32 Å². The lowest BCUT2D eigenvalue weighted by atomic mass is 10.0. The Hall–Kier alpha value is -0.540. The van der Waals surface area contributed by atoms with E-state index < -0.39 is 0 Å². The number of aromatic nitrogens is 2. The lowest BCUT2D eigenvalue weighted by Crippen LogP contribution is -2.42. The SMILES string of the molecule is CCC(CCl)(CCl)Nc1cccnn1. The smallest absolute Gasteiger partial charge is 0.149 e. The van der Waals surface area contributed by atoms with Crippen LogP contribution in [0.1, 0.15) is 13.3 Å². The molecule has 0 radical (unpaired) electrons. The Labute approximate surface area is 93.8 Å². The van der Waals surface area contributed by atoms with Crippen molar-refractivity contribution < 1.29 is 0 Å². The Kier molecular flexibility index (Phi) is 4.42. The molecule has 1 N–H and O–H groups in total. The average molecular weight is 234 g/mol. The van der Waals surface area contributed by atoms with Gasteiger partial charge in [-0.15, -0.1) is 28.3 Å². The van der Waals surface area contributed by atoms with Crippen molar-refractivity contribution in [3.05, 3.63) is 18.3 Å². The number of halogens is 2. The summed E-state index contributed by atoms with van der Waals surface area (Å²) in [6.07, 6.45) is 2.47. The first kappa shape index (κ1) is 11.5. The summed E-state index contributed by atoms with van der Waals surface area (Å²) >= 11 is 11.8. The second kappa shape index (κ2) is 5.37. The van der Waals surface area contributed by atoms with Crippen molar-refractivity contribution in [3.8, 4) is 0 Å². The molecule has 1 rings (SSSR count). The Balaban J connectivity index is 2.74. The van der Waals surface area contributed by atoms with Crippen LogP contribution in [0, 0.1) is 0 Å². The molecule has 3 nitrogen and oxygen atoms in total. The van der Waals surface area contributed by atoms with E-state index in [-0.39, 0.29) is 5.54 Å². The van der Waals surface area contributed by atoms with Crippen molar-refractivity contribution in [2.24, 2.45) is 0 Å². The van der Waals surface area contributed by atoms with E-state index in [1.165, 1.54) is 0 Å². The van der Waals surface area contributed by atoms with Gasteiger partial charge in [0.1, 0.15) is 5.82 Å². The molecule has 0 spiro atoms. The predicted octanol–water partition coefficient (Wildman–Crippen LogP) is 2.51. The summed E-state index contributed by atoms with van der Waals surface area (Å²) in [4.78, 5) is 0. The number of nitrogens with one attached hydrogen (secondary N) is 1. The second-order valence-corrected chi connectivity index (χ2v) is 3.67. The van der Waals surface area contributed by atoms with Gasteiger partial charge < -0.3 is 5.32 Å². The zero-order valence-electron chi connectivity index (χ0n) is 8.00. The van der Waals surface area contributed by atoms with E-state index in [4.69, 9.17) is 23.2 Å². The molecule has 0 saturated carbocycles. The van der Waals surface area contributed by atoms with E-state index in [1.807, 2.05) is 19.1 Å². The average Bonchev–Trinajstić information content (AvgIpc) is 2.28. The number of hydrogen-bond acceptors (Lipinski definition) is 3. The largest absolute Gasteiger partial charge is 0.361 e. The van der Waals surface area contributed by atoms with E-state index in [0.29, 0.717) is 17.6 Å². The third-order valence-electron chi connectivity index (χ3n) is 2.15. The molecule has 0 fully saturated rings. The molecule has 0 aromatic carbocycles. The van der Waals surface area contributed by atoms with Crippen molar-refractivity contribution in [1.29, 1.82) is 0 Å². The Bertz CT molecular complexity index is 254. The van der Waals surface area contributed by atoms with Crippen LogP contribution in [-0.4, -0.2) is 27.5 Å². The maximum Gasteiger partial charge on any atom is 0.149 e. The number of anilines is 1. The summed E-state index contributed by atoms with van der Waals surface area (Å²) in [7, 11) is 0. The fourth-order valence-corrected chi connectivity index (χ4v) is 1.82. The molecule has 1 aromatic heterocycles. The first-order valence-electron chi connectivity index (χ1n) is 4.44. The van der Waals surface area contributed by atoms with E-state index in [2.05, 4.69) is 15.5 Å². The molecule has 5 heteroatoms.